The highest BCUT2D eigenvalue weighted by Gasteiger charge is 2.19. The Hall–Kier alpha value is -1.39. The summed E-state index contributed by atoms with van der Waals surface area (Å²) in [6.07, 6.45) is 4.47. The first-order valence-electron chi connectivity index (χ1n) is 8.43. The molecular weight excluding hydrogens is 274 g/mol. The first kappa shape index (κ1) is 17.0. The Labute approximate surface area is 134 Å². The Bertz CT molecular complexity index is 475. The van der Waals surface area contributed by atoms with Crippen LogP contribution in [0.15, 0.2) is 24.3 Å². The van der Waals surface area contributed by atoms with Gasteiger partial charge >= 0.3 is 0 Å². The van der Waals surface area contributed by atoms with E-state index in [1.54, 1.807) is 0 Å². The summed E-state index contributed by atoms with van der Waals surface area (Å²) >= 11 is 0. The van der Waals surface area contributed by atoms with Crippen LogP contribution < -0.4 is 10.6 Å². The topological polar surface area (TPSA) is 44.4 Å². The van der Waals surface area contributed by atoms with Crippen LogP contribution in [0.2, 0.25) is 0 Å². The van der Waals surface area contributed by atoms with Crippen molar-refractivity contribution in [1.82, 2.24) is 15.5 Å². The van der Waals surface area contributed by atoms with E-state index in [9.17, 15) is 4.79 Å². The predicted octanol–water partition coefficient (Wildman–Crippen LogP) is 2.29. The lowest BCUT2D eigenvalue weighted by Gasteiger charge is -2.33. The number of benzene rings is 1. The lowest BCUT2D eigenvalue weighted by atomic mass is 10.0. The van der Waals surface area contributed by atoms with Gasteiger partial charge in [-0.2, -0.15) is 0 Å². The molecule has 1 aliphatic rings. The lowest BCUT2D eigenvalue weighted by Crippen LogP contribution is -2.37. The van der Waals surface area contributed by atoms with Gasteiger partial charge in [-0.15, -0.1) is 0 Å². The SMILES string of the molecule is CNCCC(=O)NCc1ccccc1CN1CCCCC1C. The van der Waals surface area contributed by atoms with Crippen molar-refractivity contribution in [2.75, 3.05) is 20.1 Å². The molecular formula is C18H29N3O. The van der Waals surface area contributed by atoms with Gasteiger partial charge in [0.05, 0.1) is 0 Å². The van der Waals surface area contributed by atoms with Crippen LogP contribution in [0.1, 0.15) is 43.7 Å². The van der Waals surface area contributed by atoms with Crippen molar-refractivity contribution >= 4 is 5.91 Å². The normalized spacial score (nSPS) is 19.1. The van der Waals surface area contributed by atoms with E-state index in [1.807, 2.05) is 7.05 Å². The van der Waals surface area contributed by atoms with Crippen LogP contribution >= 0.6 is 0 Å². The second kappa shape index (κ2) is 8.91. The van der Waals surface area contributed by atoms with Gasteiger partial charge in [-0.3, -0.25) is 9.69 Å². The van der Waals surface area contributed by atoms with Crippen LogP contribution in [0.3, 0.4) is 0 Å². The van der Waals surface area contributed by atoms with Crippen molar-refractivity contribution in [3.63, 3.8) is 0 Å². The number of carbonyl (C=O) groups excluding carboxylic acids is 1. The Morgan fingerprint density at radius 2 is 2.05 bits per heavy atom. The Morgan fingerprint density at radius 3 is 2.77 bits per heavy atom. The van der Waals surface area contributed by atoms with Crippen molar-refractivity contribution in [2.45, 2.75) is 51.7 Å². The Balaban J connectivity index is 1.93. The molecule has 1 atom stereocenters. The van der Waals surface area contributed by atoms with Gasteiger partial charge in [0.25, 0.3) is 0 Å². The molecule has 22 heavy (non-hydrogen) atoms. The molecule has 1 saturated heterocycles. The fourth-order valence-corrected chi connectivity index (χ4v) is 3.02. The average Bonchev–Trinajstić information content (AvgIpc) is 2.54. The highest BCUT2D eigenvalue weighted by molar-refractivity contribution is 5.76. The molecule has 0 saturated carbocycles. The van der Waals surface area contributed by atoms with E-state index in [0.29, 0.717) is 19.0 Å². The number of hydrogen-bond donors (Lipinski definition) is 2. The predicted molar refractivity (Wildman–Crippen MR) is 90.6 cm³/mol. The van der Waals surface area contributed by atoms with Crippen LogP contribution in [-0.2, 0) is 17.9 Å². The van der Waals surface area contributed by atoms with Crippen LogP contribution in [-0.4, -0.2) is 37.0 Å². The molecule has 1 unspecified atom stereocenters. The Morgan fingerprint density at radius 1 is 1.27 bits per heavy atom. The number of nitrogens with one attached hydrogen (secondary N) is 2. The summed E-state index contributed by atoms with van der Waals surface area (Å²) in [7, 11) is 1.86. The lowest BCUT2D eigenvalue weighted by molar-refractivity contribution is -0.121. The van der Waals surface area contributed by atoms with Crippen LogP contribution in [0.25, 0.3) is 0 Å². The van der Waals surface area contributed by atoms with E-state index in [0.717, 1.165) is 13.1 Å². The van der Waals surface area contributed by atoms with Crippen LogP contribution in [0.5, 0.6) is 0 Å². The van der Waals surface area contributed by atoms with Gasteiger partial charge < -0.3 is 10.6 Å². The zero-order valence-electron chi connectivity index (χ0n) is 13.9. The minimum Gasteiger partial charge on any atom is -0.352 e. The zero-order chi connectivity index (χ0) is 15.8. The second-order valence-electron chi connectivity index (χ2n) is 6.21. The summed E-state index contributed by atoms with van der Waals surface area (Å²) < 4.78 is 0. The van der Waals surface area contributed by atoms with Crippen LogP contribution in [0.4, 0.5) is 0 Å². The molecule has 1 amide bonds. The maximum Gasteiger partial charge on any atom is 0.221 e. The molecule has 0 radical (unpaired) electrons. The first-order valence-corrected chi connectivity index (χ1v) is 8.43. The molecule has 4 nitrogen and oxygen atoms in total. The van der Waals surface area contributed by atoms with Gasteiger partial charge in [0.1, 0.15) is 0 Å². The standard InChI is InChI=1S/C18H29N3O/c1-15-7-5-6-12-21(15)14-17-9-4-3-8-16(17)13-20-18(22)10-11-19-2/h3-4,8-9,15,19H,5-7,10-14H2,1-2H3,(H,20,22). The first-order chi connectivity index (χ1) is 10.7. The molecule has 0 aromatic heterocycles. The molecule has 4 heteroatoms. The molecule has 1 heterocycles. The maximum absolute atomic E-state index is 11.8. The molecule has 0 aliphatic carbocycles. The highest BCUT2D eigenvalue weighted by Crippen LogP contribution is 2.20. The minimum atomic E-state index is 0.107. The smallest absolute Gasteiger partial charge is 0.221 e. The van der Waals surface area contributed by atoms with E-state index >= 15 is 0 Å². The number of rotatable bonds is 7. The molecule has 1 aromatic carbocycles. The third-order valence-electron chi connectivity index (χ3n) is 4.51. The molecule has 0 bridgehead atoms. The van der Waals surface area contributed by atoms with E-state index in [2.05, 4.69) is 46.7 Å². The maximum atomic E-state index is 11.8. The van der Waals surface area contributed by atoms with Crippen LogP contribution in [0, 0.1) is 0 Å². The quantitative estimate of drug-likeness (QED) is 0.812. The van der Waals surface area contributed by atoms with E-state index in [-0.39, 0.29) is 5.91 Å². The number of piperidine rings is 1. The third kappa shape index (κ3) is 5.11. The fraction of sp³-hybridized carbons (Fsp3) is 0.611. The molecule has 2 N–H and O–H groups in total. The molecule has 122 valence electrons. The zero-order valence-corrected chi connectivity index (χ0v) is 13.9. The minimum absolute atomic E-state index is 0.107. The summed E-state index contributed by atoms with van der Waals surface area (Å²) in [6.45, 7) is 5.84. The average molecular weight is 303 g/mol. The van der Waals surface area contributed by atoms with Crippen molar-refractivity contribution in [2.24, 2.45) is 0 Å². The third-order valence-corrected chi connectivity index (χ3v) is 4.51. The molecule has 1 aliphatic heterocycles. The summed E-state index contributed by atoms with van der Waals surface area (Å²) in [5.74, 6) is 0.107. The number of hydrogen-bond acceptors (Lipinski definition) is 3. The second-order valence-corrected chi connectivity index (χ2v) is 6.21. The molecule has 1 aromatic rings. The molecule has 2 rings (SSSR count). The molecule has 0 spiro atoms. The van der Waals surface area contributed by atoms with Gasteiger partial charge in [0.15, 0.2) is 0 Å². The molecule has 1 fully saturated rings. The van der Waals surface area contributed by atoms with Crippen molar-refractivity contribution in [3.8, 4) is 0 Å². The van der Waals surface area contributed by atoms with E-state index < -0.39 is 0 Å². The van der Waals surface area contributed by atoms with Gasteiger partial charge in [-0.1, -0.05) is 30.7 Å². The Kier molecular flexibility index (Phi) is 6.87. The summed E-state index contributed by atoms with van der Waals surface area (Å²) in [5.41, 5.74) is 2.57. The monoisotopic (exact) mass is 303 g/mol. The fourth-order valence-electron chi connectivity index (χ4n) is 3.02. The van der Waals surface area contributed by atoms with E-state index in [1.165, 1.54) is 36.9 Å². The van der Waals surface area contributed by atoms with Gasteiger partial charge in [-0.25, -0.2) is 0 Å². The highest BCUT2D eigenvalue weighted by atomic mass is 16.1. The number of carbonyl (C=O) groups is 1. The van der Waals surface area contributed by atoms with Crippen molar-refractivity contribution in [3.05, 3.63) is 35.4 Å². The number of amides is 1. The van der Waals surface area contributed by atoms with Crippen molar-refractivity contribution < 1.29 is 4.79 Å². The number of nitrogens with zero attached hydrogens (tertiary/aromatic N) is 1. The number of likely N-dealkylation sites (tertiary alicyclic amines) is 1. The van der Waals surface area contributed by atoms with Gasteiger partial charge in [-0.05, 0) is 44.5 Å². The summed E-state index contributed by atoms with van der Waals surface area (Å²) in [4.78, 5) is 14.3. The van der Waals surface area contributed by atoms with Crippen molar-refractivity contribution in [1.29, 1.82) is 0 Å². The summed E-state index contributed by atoms with van der Waals surface area (Å²) in [5, 5.41) is 6.02. The largest absolute Gasteiger partial charge is 0.352 e. The van der Waals surface area contributed by atoms with Gasteiger partial charge in [0.2, 0.25) is 5.91 Å². The van der Waals surface area contributed by atoms with E-state index in [4.69, 9.17) is 0 Å². The summed E-state index contributed by atoms with van der Waals surface area (Å²) in [6, 6.07) is 9.12. The van der Waals surface area contributed by atoms with Gasteiger partial charge in [0, 0.05) is 32.1 Å².